The summed E-state index contributed by atoms with van der Waals surface area (Å²) in [5.41, 5.74) is 2.09. The van der Waals surface area contributed by atoms with E-state index < -0.39 is 22.0 Å². The Bertz CT molecular complexity index is 1160. The minimum atomic E-state index is -3.91. The van der Waals surface area contributed by atoms with Crippen LogP contribution >= 0.6 is 0 Å². The van der Waals surface area contributed by atoms with E-state index in [-0.39, 0.29) is 48.2 Å². The molecule has 8 nitrogen and oxygen atoms in total. The summed E-state index contributed by atoms with van der Waals surface area (Å²) in [4.78, 5) is 39.6. The number of hydrogen-bond acceptors (Lipinski definition) is 5. The number of rotatable bonds is 9. The summed E-state index contributed by atoms with van der Waals surface area (Å²) in [5, 5.41) is 2.74. The summed E-state index contributed by atoms with van der Waals surface area (Å²) in [7, 11) is -3.91. The first kappa shape index (κ1) is 24.4. The molecule has 2 aromatic carbocycles. The number of carbonyl (C=O) groups is 3. The number of likely N-dealkylation sites (N-methyl/N-ethyl adjacent to an activating group) is 1. The lowest BCUT2D eigenvalue weighted by Gasteiger charge is -2.29. The lowest BCUT2D eigenvalue weighted by Crippen LogP contribution is -2.47. The van der Waals surface area contributed by atoms with Gasteiger partial charge < -0.3 is 10.2 Å². The van der Waals surface area contributed by atoms with Crippen molar-refractivity contribution in [1.82, 2.24) is 14.5 Å². The van der Waals surface area contributed by atoms with Gasteiger partial charge in [-0.15, -0.1) is 0 Å². The maximum absolute atomic E-state index is 13.1. The van der Waals surface area contributed by atoms with E-state index in [9.17, 15) is 22.8 Å². The standard InChI is InChI=1S/C24H29N3O5S/c1-4-25-23(29)18(3)26(16-19-10-7-9-17(2)15-19)22(28)13-8-14-27-24(30)20-11-5-6-12-21(20)33(27,31)32/h5-7,9-12,15,18H,4,8,13-14,16H2,1-3H3,(H,25,29). The molecule has 0 aliphatic carbocycles. The van der Waals surface area contributed by atoms with Gasteiger partial charge in [-0.05, 0) is 44.9 Å². The Morgan fingerprint density at radius 3 is 2.52 bits per heavy atom. The van der Waals surface area contributed by atoms with Crippen LogP contribution in [0.4, 0.5) is 0 Å². The Kier molecular flexibility index (Phi) is 7.53. The van der Waals surface area contributed by atoms with Crippen molar-refractivity contribution in [2.75, 3.05) is 13.1 Å². The fraction of sp³-hybridized carbons (Fsp3) is 0.375. The van der Waals surface area contributed by atoms with E-state index in [0.717, 1.165) is 15.4 Å². The zero-order valence-corrected chi connectivity index (χ0v) is 19.9. The molecule has 3 amide bonds. The lowest BCUT2D eigenvalue weighted by molar-refractivity contribution is -0.140. The third-order valence-corrected chi connectivity index (χ3v) is 7.46. The number of carbonyl (C=O) groups excluding carboxylic acids is 3. The van der Waals surface area contributed by atoms with Crippen LogP contribution < -0.4 is 5.32 Å². The Labute approximate surface area is 194 Å². The highest BCUT2D eigenvalue weighted by Crippen LogP contribution is 2.30. The van der Waals surface area contributed by atoms with E-state index in [0.29, 0.717) is 6.54 Å². The smallest absolute Gasteiger partial charge is 0.269 e. The molecule has 0 aromatic heterocycles. The Balaban J connectivity index is 1.70. The normalized spacial score (nSPS) is 15.1. The summed E-state index contributed by atoms with van der Waals surface area (Å²) >= 11 is 0. The predicted octanol–water partition coefficient (Wildman–Crippen LogP) is 2.47. The Hall–Kier alpha value is -3.20. The molecule has 0 fully saturated rings. The highest BCUT2D eigenvalue weighted by atomic mass is 32.2. The third-order valence-electron chi connectivity index (χ3n) is 5.62. The zero-order valence-electron chi connectivity index (χ0n) is 19.1. The van der Waals surface area contributed by atoms with Gasteiger partial charge in [0, 0.05) is 26.1 Å². The maximum Gasteiger partial charge on any atom is 0.269 e. The second kappa shape index (κ2) is 10.2. The van der Waals surface area contributed by atoms with Crippen LogP contribution in [0.25, 0.3) is 0 Å². The number of aryl methyl sites for hydroxylation is 1. The van der Waals surface area contributed by atoms with Crippen LogP contribution in [0.15, 0.2) is 53.4 Å². The highest BCUT2D eigenvalue weighted by molar-refractivity contribution is 7.90. The molecule has 3 rings (SSSR count). The van der Waals surface area contributed by atoms with Crippen LogP contribution in [0.5, 0.6) is 0 Å². The average molecular weight is 472 g/mol. The second-order valence-corrected chi connectivity index (χ2v) is 9.89. The largest absolute Gasteiger partial charge is 0.355 e. The van der Waals surface area contributed by atoms with Gasteiger partial charge in [-0.2, -0.15) is 0 Å². The van der Waals surface area contributed by atoms with E-state index in [2.05, 4.69) is 5.32 Å². The number of sulfonamides is 1. The first-order valence-corrected chi connectivity index (χ1v) is 12.4. The quantitative estimate of drug-likeness (QED) is 0.605. The number of hydrogen-bond donors (Lipinski definition) is 1. The molecular formula is C24H29N3O5S. The number of nitrogens with one attached hydrogen (secondary N) is 1. The van der Waals surface area contributed by atoms with Crippen LogP contribution in [0.1, 0.15) is 48.2 Å². The minimum Gasteiger partial charge on any atom is -0.355 e. The molecule has 9 heteroatoms. The molecule has 33 heavy (non-hydrogen) atoms. The average Bonchev–Trinajstić information content (AvgIpc) is 2.98. The molecule has 2 aromatic rings. The van der Waals surface area contributed by atoms with Crippen molar-refractivity contribution in [3.63, 3.8) is 0 Å². The van der Waals surface area contributed by atoms with Crippen molar-refractivity contribution in [2.45, 2.75) is 51.1 Å². The summed E-state index contributed by atoms with van der Waals surface area (Å²) in [5.74, 6) is -1.12. The molecule has 1 heterocycles. The minimum absolute atomic E-state index is 0.00516. The number of amides is 3. The molecule has 1 aliphatic heterocycles. The van der Waals surface area contributed by atoms with Crippen LogP contribution in [-0.4, -0.2) is 54.5 Å². The Morgan fingerprint density at radius 2 is 1.85 bits per heavy atom. The van der Waals surface area contributed by atoms with E-state index >= 15 is 0 Å². The van der Waals surface area contributed by atoms with Crippen molar-refractivity contribution < 1.29 is 22.8 Å². The molecule has 1 atom stereocenters. The summed E-state index contributed by atoms with van der Waals surface area (Å²) in [6, 6.07) is 13.1. The molecule has 176 valence electrons. The van der Waals surface area contributed by atoms with Crippen LogP contribution in [0.3, 0.4) is 0 Å². The van der Waals surface area contributed by atoms with Crippen molar-refractivity contribution in [3.8, 4) is 0 Å². The number of fused-ring (bicyclic) bond motifs is 1. The predicted molar refractivity (Wildman–Crippen MR) is 124 cm³/mol. The number of nitrogens with zero attached hydrogens (tertiary/aromatic N) is 2. The fourth-order valence-corrected chi connectivity index (χ4v) is 5.49. The first-order chi connectivity index (χ1) is 15.7. The van der Waals surface area contributed by atoms with E-state index in [1.54, 1.807) is 19.1 Å². The summed E-state index contributed by atoms with van der Waals surface area (Å²) in [6.45, 7) is 6.03. The lowest BCUT2D eigenvalue weighted by atomic mass is 10.1. The second-order valence-electron chi connectivity index (χ2n) is 8.06. The molecule has 0 saturated heterocycles. The van der Waals surface area contributed by atoms with Gasteiger partial charge in [0.05, 0.1) is 5.56 Å². The van der Waals surface area contributed by atoms with E-state index in [1.165, 1.54) is 17.0 Å². The highest BCUT2D eigenvalue weighted by Gasteiger charge is 2.40. The molecule has 1 unspecified atom stereocenters. The van der Waals surface area contributed by atoms with Crippen LogP contribution in [-0.2, 0) is 26.2 Å². The van der Waals surface area contributed by atoms with Crippen molar-refractivity contribution in [1.29, 1.82) is 0 Å². The van der Waals surface area contributed by atoms with Crippen molar-refractivity contribution >= 4 is 27.7 Å². The van der Waals surface area contributed by atoms with Crippen molar-refractivity contribution in [2.24, 2.45) is 0 Å². The van der Waals surface area contributed by atoms with Crippen LogP contribution in [0.2, 0.25) is 0 Å². The topological polar surface area (TPSA) is 104 Å². The van der Waals surface area contributed by atoms with E-state index in [1.807, 2.05) is 38.1 Å². The van der Waals surface area contributed by atoms with Crippen molar-refractivity contribution in [3.05, 3.63) is 65.2 Å². The SMILES string of the molecule is CCNC(=O)C(C)N(Cc1cccc(C)c1)C(=O)CCCN1C(=O)c2ccccc2S1(=O)=O. The number of benzene rings is 2. The first-order valence-electron chi connectivity index (χ1n) is 11.0. The molecular weight excluding hydrogens is 442 g/mol. The molecule has 1 N–H and O–H groups in total. The fourth-order valence-electron chi connectivity index (χ4n) is 3.88. The molecule has 0 bridgehead atoms. The van der Waals surface area contributed by atoms with Gasteiger partial charge in [-0.25, -0.2) is 12.7 Å². The monoisotopic (exact) mass is 471 g/mol. The van der Waals surface area contributed by atoms with E-state index in [4.69, 9.17) is 0 Å². The van der Waals surface area contributed by atoms with Gasteiger partial charge in [-0.1, -0.05) is 42.0 Å². The Morgan fingerprint density at radius 1 is 1.12 bits per heavy atom. The summed E-state index contributed by atoms with van der Waals surface area (Å²) < 4.78 is 26.2. The molecule has 0 saturated carbocycles. The third kappa shape index (κ3) is 5.24. The van der Waals surface area contributed by atoms with Gasteiger partial charge in [0.15, 0.2) is 0 Å². The van der Waals surface area contributed by atoms with Gasteiger partial charge >= 0.3 is 0 Å². The van der Waals surface area contributed by atoms with Gasteiger partial charge in [-0.3, -0.25) is 14.4 Å². The molecule has 0 radical (unpaired) electrons. The zero-order chi connectivity index (χ0) is 24.2. The maximum atomic E-state index is 13.1. The summed E-state index contributed by atoms with van der Waals surface area (Å²) in [6.07, 6.45) is 0.162. The molecule has 1 aliphatic rings. The van der Waals surface area contributed by atoms with Gasteiger partial charge in [0.2, 0.25) is 11.8 Å². The van der Waals surface area contributed by atoms with Gasteiger partial charge in [0.25, 0.3) is 15.9 Å². The van der Waals surface area contributed by atoms with Gasteiger partial charge in [0.1, 0.15) is 10.9 Å². The molecule has 0 spiro atoms. The van der Waals surface area contributed by atoms with Crippen LogP contribution in [0, 0.1) is 6.92 Å².